The number of benzene rings is 4. The molecule has 6 heteroatoms. The standard InChI is InChI=1S/C38H44O4Si2/c1-37(2,3)43(30-19-11-7-12-20-30,31-21-13-8-14-22-31)40-29-35(34-27-28-36(39)41-34)42-44(38(4,5)6,32-23-15-9-16-24-32)33-25-17-10-18-26-33/h7-28,34-35H,29H2,1-6H3/t34-,35+/m0/s1. The van der Waals surface area contributed by atoms with E-state index in [0.717, 1.165) is 0 Å². The van der Waals surface area contributed by atoms with Crippen molar-refractivity contribution in [2.45, 2.75) is 63.8 Å². The first-order chi connectivity index (χ1) is 21.0. The van der Waals surface area contributed by atoms with E-state index in [1.165, 1.54) is 26.8 Å². The third-order valence-corrected chi connectivity index (χ3v) is 18.7. The summed E-state index contributed by atoms with van der Waals surface area (Å²) < 4.78 is 20.9. The minimum atomic E-state index is -2.99. The van der Waals surface area contributed by atoms with Crippen LogP contribution in [0.4, 0.5) is 0 Å². The summed E-state index contributed by atoms with van der Waals surface area (Å²) in [6, 6.07) is 42.4. The Morgan fingerprint density at radius 1 is 0.614 bits per heavy atom. The van der Waals surface area contributed by atoms with E-state index in [1.807, 2.05) is 30.3 Å². The molecule has 0 fully saturated rings. The smallest absolute Gasteiger partial charge is 0.331 e. The van der Waals surface area contributed by atoms with Crippen molar-refractivity contribution < 1.29 is 18.4 Å². The number of cyclic esters (lactones) is 1. The molecule has 44 heavy (non-hydrogen) atoms. The molecule has 1 aliphatic rings. The van der Waals surface area contributed by atoms with Crippen molar-refractivity contribution in [1.82, 2.24) is 0 Å². The summed E-state index contributed by atoms with van der Waals surface area (Å²) in [6.45, 7) is 13.9. The van der Waals surface area contributed by atoms with Crippen LogP contribution >= 0.6 is 0 Å². The molecule has 0 aliphatic carbocycles. The van der Waals surface area contributed by atoms with Crippen LogP contribution < -0.4 is 20.7 Å². The van der Waals surface area contributed by atoms with Crippen molar-refractivity contribution in [2.24, 2.45) is 0 Å². The largest absolute Gasteiger partial charge is 0.452 e. The number of carbonyl (C=O) groups is 1. The molecule has 1 aliphatic heterocycles. The van der Waals surface area contributed by atoms with Gasteiger partial charge in [-0.05, 0) is 36.9 Å². The zero-order valence-corrected chi connectivity index (χ0v) is 28.7. The van der Waals surface area contributed by atoms with E-state index in [2.05, 4.69) is 139 Å². The zero-order chi connectivity index (χ0) is 31.4. The topological polar surface area (TPSA) is 44.8 Å². The van der Waals surface area contributed by atoms with Crippen LogP contribution in [0.2, 0.25) is 10.1 Å². The third-order valence-electron chi connectivity index (χ3n) is 8.67. The average Bonchev–Trinajstić information content (AvgIpc) is 3.45. The lowest BCUT2D eigenvalue weighted by Crippen LogP contribution is -2.70. The van der Waals surface area contributed by atoms with Gasteiger partial charge in [-0.25, -0.2) is 4.79 Å². The van der Waals surface area contributed by atoms with Gasteiger partial charge in [-0.3, -0.25) is 0 Å². The van der Waals surface area contributed by atoms with E-state index in [0.29, 0.717) is 0 Å². The molecular formula is C38H44O4Si2. The van der Waals surface area contributed by atoms with Gasteiger partial charge in [0.2, 0.25) is 0 Å². The summed E-state index contributed by atoms with van der Waals surface area (Å²) in [7, 11) is -5.88. The molecule has 228 valence electrons. The summed E-state index contributed by atoms with van der Waals surface area (Å²) in [5.74, 6) is -0.350. The van der Waals surface area contributed by atoms with Crippen LogP contribution in [-0.4, -0.2) is 41.4 Å². The highest BCUT2D eigenvalue weighted by atomic mass is 28.4. The summed E-state index contributed by atoms with van der Waals surface area (Å²) in [6.07, 6.45) is 2.24. The van der Waals surface area contributed by atoms with Crippen molar-refractivity contribution in [3.05, 3.63) is 133 Å². The van der Waals surface area contributed by atoms with E-state index in [-0.39, 0.29) is 22.7 Å². The Labute approximate surface area is 265 Å². The molecule has 5 rings (SSSR count). The fraction of sp³-hybridized carbons (Fsp3) is 0.289. The Balaban J connectivity index is 1.66. The molecule has 0 aromatic heterocycles. The van der Waals surface area contributed by atoms with Crippen molar-refractivity contribution in [2.75, 3.05) is 6.61 Å². The molecule has 1 heterocycles. The number of hydrogen-bond acceptors (Lipinski definition) is 4. The van der Waals surface area contributed by atoms with E-state index in [4.69, 9.17) is 13.6 Å². The molecule has 0 bridgehead atoms. The predicted octanol–water partition coefficient (Wildman–Crippen LogP) is 5.99. The first-order valence-electron chi connectivity index (χ1n) is 15.4. The second kappa shape index (κ2) is 12.8. The van der Waals surface area contributed by atoms with E-state index in [9.17, 15) is 4.79 Å². The van der Waals surface area contributed by atoms with Crippen molar-refractivity contribution in [3.8, 4) is 0 Å². The van der Waals surface area contributed by atoms with E-state index in [1.54, 1.807) is 0 Å². The maximum atomic E-state index is 12.5. The molecule has 4 aromatic rings. The Hall–Kier alpha value is -3.56. The van der Waals surface area contributed by atoms with Gasteiger partial charge >= 0.3 is 5.97 Å². The van der Waals surface area contributed by atoms with Crippen LogP contribution in [0.15, 0.2) is 133 Å². The minimum Gasteiger partial charge on any atom is -0.452 e. The molecule has 2 atom stereocenters. The number of hydrogen-bond donors (Lipinski definition) is 0. The van der Waals surface area contributed by atoms with E-state index < -0.39 is 28.8 Å². The summed E-state index contributed by atoms with van der Waals surface area (Å²) in [5.41, 5.74) is 0. The lowest BCUT2D eigenvalue weighted by Gasteiger charge is -2.47. The van der Waals surface area contributed by atoms with Gasteiger partial charge in [0.05, 0.1) is 6.61 Å². The summed E-state index contributed by atoms with van der Waals surface area (Å²) >= 11 is 0. The lowest BCUT2D eigenvalue weighted by molar-refractivity contribution is -0.142. The quantitative estimate of drug-likeness (QED) is 0.161. The number of carbonyl (C=O) groups excluding carboxylic acids is 1. The highest BCUT2D eigenvalue weighted by Crippen LogP contribution is 2.40. The van der Waals surface area contributed by atoms with Crippen LogP contribution in [0.1, 0.15) is 41.5 Å². The highest BCUT2D eigenvalue weighted by Gasteiger charge is 2.54. The number of rotatable bonds is 10. The van der Waals surface area contributed by atoms with Gasteiger partial charge in [0.25, 0.3) is 16.6 Å². The van der Waals surface area contributed by atoms with Crippen LogP contribution in [0.3, 0.4) is 0 Å². The molecule has 0 amide bonds. The second-order valence-electron chi connectivity index (χ2n) is 13.6. The summed E-state index contributed by atoms with van der Waals surface area (Å²) in [5, 5.41) is 4.27. The third kappa shape index (κ3) is 6.04. The van der Waals surface area contributed by atoms with Crippen LogP contribution in [0.25, 0.3) is 0 Å². The van der Waals surface area contributed by atoms with E-state index >= 15 is 0 Å². The van der Waals surface area contributed by atoms with Gasteiger partial charge < -0.3 is 13.6 Å². The summed E-state index contributed by atoms with van der Waals surface area (Å²) in [4.78, 5) is 12.5. The van der Waals surface area contributed by atoms with Crippen LogP contribution in [-0.2, 0) is 18.4 Å². The molecule has 0 unspecified atom stereocenters. The Morgan fingerprint density at radius 3 is 1.30 bits per heavy atom. The molecule has 4 aromatic carbocycles. The van der Waals surface area contributed by atoms with Gasteiger partial charge in [-0.1, -0.05) is 163 Å². The Morgan fingerprint density at radius 2 is 0.977 bits per heavy atom. The number of ether oxygens (including phenoxy) is 1. The minimum absolute atomic E-state index is 0.208. The van der Waals surface area contributed by atoms with Gasteiger partial charge in [-0.2, -0.15) is 0 Å². The monoisotopic (exact) mass is 620 g/mol. The molecule has 4 nitrogen and oxygen atoms in total. The van der Waals surface area contributed by atoms with Gasteiger partial charge in [0.1, 0.15) is 12.2 Å². The fourth-order valence-corrected chi connectivity index (χ4v) is 15.9. The molecule has 0 radical (unpaired) electrons. The second-order valence-corrected chi connectivity index (χ2v) is 22.1. The lowest BCUT2D eigenvalue weighted by atomic mass is 10.2. The SMILES string of the molecule is CC(C)(C)[Si](OC[C@@H](O[Si](c1ccccc1)(c1ccccc1)C(C)(C)C)[C@@H]1C=CC(=O)O1)(c1ccccc1)c1ccccc1. The Kier molecular flexibility index (Phi) is 9.28. The number of esters is 1. The van der Waals surface area contributed by atoms with Crippen molar-refractivity contribution in [1.29, 1.82) is 0 Å². The molecule has 0 saturated heterocycles. The predicted molar refractivity (Wildman–Crippen MR) is 185 cm³/mol. The van der Waals surface area contributed by atoms with Crippen LogP contribution in [0, 0.1) is 0 Å². The Bertz CT molecular complexity index is 1460. The average molecular weight is 621 g/mol. The van der Waals surface area contributed by atoms with Gasteiger partial charge in [-0.15, -0.1) is 0 Å². The fourth-order valence-electron chi connectivity index (χ4n) is 6.67. The van der Waals surface area contributed by atoms with Gasteiger partial charge in [0, 0.05) is 6.08 Å². The van der Waals surface area contributed by atoms with Crippen molar-refractivity contribution in [3.63, 3.8) is 0 Å². The van der Waals surface area contributed by atoms with Crippen LogP contribution in [0.5, 0.6) is 0 Å². The zero-order valence-electron chi connectivity index (χ0n) is 26.7. The molecule has 0 saturated carbocycles. The first kappa shape index (κ1) is 31.9. The van der Waals surface area contributed by atoms with Gasteiger partial charge in [0.15, 0.2) is 0 Å². The molecule has 0 spiro atoms. The molecular weight excluding hydrogens is 577 g/mol. The highest BCUT2D eigenvalue weighted by molar-refractivity contribution is 7.00. The van der Waals surface area contributed by atoms with Crippen molar-refractivity contribution >= 4 is 43.4 Å². The maximum Gasteiger partial charge on any atom is 0.331 e. The maximum absolute atomic E-state index is 12.5. The first-order valence-corrected chi connectivity index (χ1v) is 19.2. The molecule has 0 N–H and O–H groups in total. The normalized spacial score (nSPS) is 16.5.